The van der Waals surface area contributed by atoms with Gasteiger partial charge < -0.3 is 4.74 Å². The third kappa shape index (κ3) is 3.08. The Morgan fingerprint density at radius 1 is 1.25 bits per heavy atom. The number of halogens is 5. The number of benzene rings is 1. The maximum atomic E-state index is 12.5. The zero-order valence-corrected chi connectivity index (χ0v) is 8.31. The van der Waals surface area contributed by atoms with Crippen LogP contribution >= 0.6 is 0 Å². The van der Waals surface area contributed by atoms with Gasteiger partial charge in [-0.2, -0.15) is 22.0 Å². The smallest absolute Gasteiger partial charge is 0.419 e. The lowest BCUT2D eigenvalue weighted by molar-refractivity contribution is -0.141. The molecule has 0 atom stereocenters. The largest absolute Gasteiger partial charge is 0.434 e. The Kier molecular flexibility index (Phi) is 3.72. The summed E-state index contributed by atoms with van der Waals surface area (Å²) >= 11 is 0. The molecule has 0 radical (unpaired) electrons. The van der Waals surface area contributed by atoms with Crippen molar-refractivity contribution in [3.05, 3.63) is 29.3 Å². The van der Waals surface area contributed by atoms with E-state index in [9.17, 15) is 22.0 Å². The Balaban J connectivity index is 3.17. The maximum absolute atomic E-state index is 12.5. The van der Waals surface area contributed by atoms with Crippen molar-refractivity contribution in [2.45, 2.75) is 26.1 Å². The van der Waals surface area contributed by atoms with Crippen LogP contribution in [0, 0.1) is 0 Å². The summed E-state index contributed by atoms with van der Waals surface area (Å²) < 4.78 is 65.1. The Morgan fingerprint density at radius 2 is 1.88 bits per heavy atom. The van der Waals surface area contributed by atoms with E-state index in [4.69, 9.17) is 0 Å². The average molecular weight is 240 g/mol. The molecule has 0 aromatic heterocycles. The summed E-state index contributed by atoms with van der Waals surface area (Å²) in [6.45, 7) is -1.60. The van der Waals surface area contributed by atoms with Crippen LogP contribution in [0.5, 0.6) is 5.75 Å². The molecule has 0 aliphatic rings. The first kappa shape index (κ1) is 12.7. The van der Waals surface area contributed by atoms with E-state index in [0.717, 1.165) is 12.1 Å². The fraction of sp³-hybridized carbons (Fsp3) is 0.400. The van der Waals surface area contributed by atoms with Gasteiger partial charge in [-0.25, -0.2) is 0 Å². The molecule has 1 aromatic carbocycles. The van der Waals surface area contributed by atoms with Gasteiger partial charge in [0.25, 0.3) is 0 Å². The quantitative estimate of drug-likeness (QED) is 0.729. The van der Waals surface area contributed by atoms with Crippen LogP contribution in [0.15, 0.2) is 18.2 Å². The van der Waals surface area contributed by atoms with Crippen molar-refractivity contribution < 1.29 is 26.7 Å². The number of ether oxygens (including phenoxy) is 1. The second-order valence-electron chi connectivity index (χ2n) is 3.06. The molecule has 0 fully saturated rings. The van der Waals surface area contributed by atoms with Gasteiger partial charge in [-0.05, 0) is 24.1 Å². The van der Waals surface area contributed by atoms with Crippen LogP contribution in [0.1, 0.15) is 18.1 Å². The van der Waals surface area contributed by atoms with Crippen LogP contribution in [0.2, 0.25) is 0 Å². The highest BCUT2D eigenvalue weighted by Gasteiger charge is 2.35. The van der Waals surface area contributed by atoms with Crippen molar-refractivity contribution in [1.82, 2.24) is 0 Å². The summed E-state index contributed by atoms with van der Waals surface area (Å²) in [7, 11) is 0. The first-order chi connectivity index (χ1) is 7.34. The van der Waals surface area contributed by atoms with E-state index in [1.807, 2.05) is 0 Å². The molecule has 0 heterocycles. The zero-order chi connectivity index (χ0) is 12.3. The van der Waals surface area contributed by atoms with Gasteiger partial charge in [0.2, 0.25) is 0 Å². The second kappa shape index (κ2) is 4.67. The molecule has 6 heteroatoms. The van der Waals surface area contributed by atoms with Crippen molar-refractivity contribution in [3.63, 3.8) is 0 Å². The SMILES string of the molecule is CCc1ccc(OC(F)F)c(C(F)(F)F)c1. The van der Waals surface area contributed by atoms with Gasteiger partial charge in [-0.15, -0.1) is 0 Å². The van der Waals surface area contributed by atoms with Gasteiger partial charge in [0, 0.05) is 0 Å². The number of rotatable bonds is 3. The minimum absolute atomic E-state index is 0.387. The molecular formula is C10H9F5O. The van der Waals surface area contributed by atoms with Crippen molar-refractivity contribution in [2.75, 3.05) is 0 Å². The van der Waals surface area contributed by atoms with Crippen LogP contribution in [0.3, 0.4) is 0 Å². The van der Waals surface area contributed by atoms with E-state index in [1.165, 1.54) is 6.07 Å². The molecule has 0 spiro atoms. The first-order valence-electron chi connectivity index (χ1n) is 4.49. The molecule has 1 nitrogen and oxygen atoms in total. The van der Waals surface area contributed by atoms with Crippen LogP contribution < -0.4 is 4.74 Å². The third-order valence-corrected chi connectivity index (χ3v) is 1.97. The zero-order valence-electron chi connectivity index (χ0n) is 8.31. The van der Waals surface area contributed by atoms with E-state index in [1.54, 1.807) is 6.92 Å². The van der Waals surface area contributed by atoms with Crippen molar-refractivity contribution in [2.24, 2.45) is 0 Å². The summed E-state index contributed by atoms with van der Waals surface area (Å²) in [5.74, 6) is -0.847. The van der Waals surface area contributed by atoms with Crippen molar-refractivity contribution >= 4 is 0 Å². The molecule has 0 aliphatic carbocycles. The van der Waals surface area contributed by atoms with Crippen LogP contribution in [-0.2, 0) is 12.6 Å². The highest BCUT2D eigenvalue weighted by atomic mass is 19.4. The standard InChI is InChI=1S/C10H9F5O/c1-2-6-3-4-8(16-9(11)12)7(5-6)10(13,14)15/h3-5,9H,2H2,1H3. The molecule has 0 N–H and O–H groups in total. The second-order valence-corrected chi connectivity index (χ2v) is 3.06. The average Bonchev–Trinajstić information content (AvgIpc) is 2.15. The van der Waals surface area contributed by atoms with Crippen molar-refractivity contribution in [3.8, 4) is 5.75 Å². The minimum Gasteiger partial charge on any atom is -0.434 e. The molecule has 90 valence electrons. The molecular weight excluding hydrogens is 231 g/mol. The topological polar surface area (TPSA) is 9.23 Å². The third-order valence-electron chi connectivity index (χ3n) is 1.97. The highest BCUT2D eigenvalue weighted by molar-refractivity contribution is 5.39. The lowest BCUT2D eigenvalue weighted by Gasteiger charge is -2.14. The Bertz CT molecular complexity index is 359. The fourth-order valence-electron chi connectivity index (χ4n) is 1.22. The Labute approximate surface area is 88.8 Å². The highest BCUT2D eigenvalue weighted by Crippen LogP contribution is 2.37. The molecule has 0 saturated carbocycles. The van der Waals surface area contributed by atoms with Gasteiger partial charge in [-0.3, -0.25) is 0 Å². The van der Waals surface area contributed by atoms with Crippen molar-refractivity contribution in [1.29, 1.82) is 0 Å². The molecule has 1 rings (SSSR count). The van der Waals surface area contributed by atoms with Gasteiger partial charge in [0.1, 0.15) is 5.75 Å². The molecule has 0 amide bonds. The first-order valence-corrected chi connectivity index (χ1v) is 4.49. The predicted molar refractivity (Wildman–Crippen MR) is 47.5 cm³/mol. The van der Waals surface area contributed by atoms with Gasteiger partial charge in [0.05, 0.1) is 5.56 Å². The van der Waals surface area contributed by atoms with Crippen LogP contribution in [0.25, 0.3) is 0 Å². The lowest BCUT2D eigenvalue weighted by atomic mass is 10.1. The summed E-state index contributed by atoms with van der Waals surface area (Å²) in [5.41, 5.74) is -0.763. The molecule has 0 aliphatic heterocycles. The van der Waals surface area contributed by atoms with Crippen LogP contribution in [-0.4, -0.2) is 6.61 Å². The van der Waals surface area contributed by atoms with Gasteiger partial charge in [0.15, 0.2) is 0 Å². The van der Waals surface area contributed by atoms with E-state index in [-0.39, 0.29) is 0 Å². The molecule has 16 heavy (non-hydrogen) atoms. The number of aryl methyl sites for hydroxylation is 1. The van der Waals surface area contributed by atoms with E-state index in [2.05, 4.69) is 4.74 Å². The number of alkyl halides is 5. The molecule has 0 bridgehead atoms. The fourth-order valence-corrected chi connectivity index (χ4v) is 1.22. The van der Waals surface area contributed by atoms with E-state index < -0.39 is 24.1 Å². The summed E-state index contributed by atoms with van der Waals surface area (Å²) in [6.07, 6.45) is -4.31. The molecule has 1 aromatic rings. The molecule has 0 unspecified atom stereocenters. The summed E-state index contributed by atoms with van der Waals surface area (Å²) in [4.78, 5) is 0. The number of hydrogen-bond donors (Lipinski definition) is 0. The summed E-state index contributed by atoms with van der Waals surface area (Å²) in [5, 5.41) is 0. The van der Waals surface area contributed by atoms with Gasteiger partial charge >= 0.3 is 12.8 Å². The normalized spacial score (nSPS) is 11.9. The lowest BCUT2D eigenvalue weighted by Crippen LogP contribution is -2.11. The summed E-state index contributed by atoms with van der Waals surface area (Å²) in [6, 6.07) is 3.05. The minimum atomic E-state index is -4.70. The monoisotopic (exact) mass is 240 g/mol. The van der Waals surface area contributed by atoms with Crippen LogP contribution in [0.4, 0.5) is 22.0 Å². The Hall–Kier alpha value is -1.33. The maximum Gasteiger partial charge on any atom is 0.419 e. The number of hydrogen-bond acceptors (Lipinski definition) is 1. The van der Waals surface area contributed by atoms with E-state index >= 15 is 0 Å². The van der Waals surface area contributed by atoms with Gasteiger partial charge in [-0.1, -0.05) is 13.0 Å². The predicted octanol–water partition coefficient (Wildman–Crippen LogP) is 3.87. The molecule has 0 saturated heterocycles. The van der Waals surface area contributed by atoms with E-state index in [0.29, 0.717) is 12.0 Å². The Morgan fingerprint density at radius 3 is 2.31 bits per heavy atom.